The number of nitrogens with zero attached hydrogens (tertiary/aromatic N) is 4. The average Bonchev–Trinajstić information content (AvgIpc) is 3.03. The monoisotopic (exact) mass is 389 g/mol. The number of benzene rings is 1. The van der Waals surface area contributed by atoms with Crippen molar-refractivity contribution in [1.29, 1.82) is 5.26 Å². The Bertz CT molecular complexity index is 999. The first kappa shape index (κ1) is 19.1. The third-order valence-corrected chi connectivity index (χ3v) is 5.97. The highest BCUT2D eigenvalue weighted by molar-refractivity contribution is 6.00. The molecular formula is C22H23N5O2. The highest BCUT2D eigenvalue weighted by atomic mass is 16.2. The number of aromatic nitrogens is 2. The number of carbonyl (C=O) groups is 2. The second-order valence-electron chi connectivity index (χ2n) is 7.96. The molecule has 1 aromatic carbocycles. The first-order chi connectivity index (χ1) is 14.0. The molecule has 148 valence electrons. The smallest absolute Gasteiger partial charge is 0.271 e. The Kier molecular flexibility index (Phi) is 5.01. The topological polar surface area (TPSA) is 99.0 Å². The molecule has 1 saturated heterocycles. The fraction of sp³-hybridized carbons (Fsp3) is 0.409. The average molecular weight is 389 g/mol. The number of aryl methyl sites for hydroxylation is 1. The van der Waals surface area contributed by atoms with Crippen LogP contribution >= 0.6 is 0 Å². The maximum absolute atomic E-state index is 13.3. The third kappa shape index (κ3) is 3.70. The van der Waals surface area contributed by atoms with E-state index in [4.69, 9.17) is 5.26 Å². The van der Waals surface area contributed by atoms with E-state index in [1.165, 1.54) is 6.20 Å². The van der Waals surface area contributed by atoms with E-state index >= 15 is 0 Å². The van der Waals surface area contributed by atoms with E-state index in [1.807, 2.05) is 6.07 Å². The summed E-state index contributed by atoms with van der Waals surface area (Å²) in [5.41, 5.74) is 1.87. The lowest BCUT2D eigenvalue weighted by Gasteiger charge is -2.36. The molecule has 1 N–H and O–H groups in total. The second-order valence-corrected chi connectivity index (χ2v) is 7.96. The van der Waals surface area contributed by atoms with Gasteiger partial charge in [-0.25, -0.2) is 4.98 Å². The van der Waals surface area contributed by atoms with Crippen LogP contribution in [0.25, 0.3) is 0 Å². The molecule has 29 heavy (non-hydrogen) atoms. The van der Waals surface area contributed by atoms with Gasteiger partial charge in [-0.1, -0.05) is 12.5 Å². The van der Waals surface area contributed by atoms with Crippen molar-refractivity contribution >= 4 is 17.5 Å². The Morgan fingerprint density at radius 3 is 3.00 bits per heavy atom. The molecular weight excluding hydrogens is 366 g/mol. The number of hydrogen-bond donors (Lipinski definition) is 1. The molecule has 2 unspecified atom stereocenters. The van der Waals surface area contributed by atoms with Crippen LogP contribution in [-0.2, 0) is 4.79 Å². The van der Waals surface area contributed by atoms with Gasteiger partial charge in [-0.3, -0.25) is 14.6 Å². The van der Waals surface area contributed by atoms with E-state index in [-0.39, 0.29) is 17.9 Å². The number of amides is 2. The van der Waals surface area contributed by atoms with E-state index in [1.54, 1.807) is 36.2 Å². The van der Waals surface area contributed by atoms with Gasteiger partial charge >= 0.3 is 0 Å². The van der Waals surface area contributed by atoms with Crippen LogP contribution in [0.5, 0.6) is 0 Å². The maximum atomic E-state index is 13.3. The Hall–Kier alpha value is -3.27. The minimum Gasteiger partial charge on any atom is -0.348 e. The summed E-state index contributed by atoms with van der Waals surface area (Å²) in [5, 5.41) is 12.2. The lowest BCUT2D eigenvalue weighted by atomic mass is 9.71. The van der Waals surface area contributed by atoms with Gasteiger partial charge in [-0.05, 0) is 50.8 Å². The largest absolute Gasteiger partial charge is 0.348 e. The molecule has 0 radical (unpaired) electrons. The zero-order valence-corrected chi connectivity index (χ0v) is 16.4. The summed E-state index contributed by atoms with van der Waals surface area (Å²) in [5.74, 6) is -0.144. The zero-order valence-electron chi connectivity index (χ0n) is 16.4. The molecule has 2 atom stereocenters. The maximum Gasteiger partial charge on any atom is 0.271 e. The van der Waals surface area contributed by atoms with E-state index in [9.17, 15) is 9.59 Å². The van der Waals surface area contributed by atoms with Crippen LogP contribution in [0, 0.1) is 23.7 Å². The van der Waals surface area contributed by atoms with Crippen LogP contribution in [0.1, 0.15) is 53.8 Å². The van der Waals surface area contributed by atoms with Crippen LogP contribution in [0.3, 0.4) is 0 Å². The summed E-state index contributed by atoms with van der Waals surface area (Å²) in [6.07, 6.45) is 7.04. The Labute approximate surface area is 169 Å². The number of rotatable bonds is 3. The van der Waals surface area contributed by atoms with E-state index in [2.05, 4.69) is 21.4 Å². The van der Waals surface area contributed by atoms with Crippen molar-refractivity contribution < 1.29 is 9.59 Å². The minimum atomic E-state index is -0.447. The fourth-order valence-electron chi connectivity index (χ4n) is 4.55. The van der Waals surface area contributed by atoms with Gasteiger partial charge in [-0.15, -0.1) is 0 Å². The molecule has 1 aliphatic heterocycles. The number of nitriles is 1. The zero-order chi connectivity index (χ0) is 20.4. The van der Waals surface area contributed by atoms with Crippen molar-refractivity contribution in [2.75, 3.05) is 11.4 Å². The van der Waals surface area contributed by atoms with Crippen molar-refractivity contribution in [3.8, 4) is 6.07 Å². The highest BCUT2D eigenvalue weighted by Gasteiger charge is 2.49. The molecule has 2 aromatic rings. The van der Waals surface area contributed by atoms with Crippen LogP contribution in [0.2, 0.25) is 0 Å². The molecule has 2 fully saturated rings. The molecule has 2 heterocycles. The molecule has 2 aliphatic rings. The van der Waals surface area contributed by atoms with Crippen LogP contribution < -0.4 is 10.2 Å². The summed E-state index contributed by atoms with van der Waals surface area (Å²) in [7, 11) is 0. The van der Waals surface area contributed by atoms with E-state index in [0.29, 0.717) is 29.9 Å². The lowest BCUT2D eigenvalue weighted by Crippen LogP contribution is -2.46. The van der Waals surface area contributed by atoms with Crippen LogP contribution in [0.15, 0.2) is 36.7 Å². The molecule has 1 spiro atoms. The van der Waals surface area contributed by atoms with Crippen molar-refractivity contribution in [1.82, 2.24) is 15.3 Å². The van der Waals surface area contributed by atoms with Gasteiger partial charge < -0.3 is 10.2 Å². The first-order valence-electron chi connectivity index (χ1n) is 9.92. The second kappa shape index (κ2) is 7.63. The summed E-state index contributed by atoms with van der Waals surface area (Å²) >= 11 is 0. The molecule has 1 aromatic heterocycles. The van der Waals surface area contributed by atoms with Gasteiger partial charge in [0, 0.05) is 24.5 Å². The van der Waals surface area contributed by atoms with E-state index < -0.39 is 5.41 Å². The van der Waals surface area contributed by atoms with Crippen LogP contribution in [0.4, 0.5) is 5.69 Å². The van der Waals surface area contributed by atoms with Gasteiger partial charge in [-0.2, -0.15) is 5.26 Å². The SMILES string of the molecule is Cc1cncc(C(=O)NC2CCCC3(CCN(c4cccc(C#N)c4)C3=O)C2)n1. The van der Waals surface area contributed by atoms with Crippen LogP contribution in [-0.4, -0.2) is 34.4 Å². The fourth-order valence-corrected chi connectivity index (χ4v) is 4.55. The number of nitrogens with one attached hydrogen (secondary N) is 1. The summed E-state index contributed by atoms with van der Waals surface area (Å²) < 4.78 is 0. The summed E-state index contributed by atoms with van der Waals surface area (Å²) in [4.78, 5) is 36.0. The predicted octanol–water partition coefficient (Wildman–Crippen LogP) is 2.75. The molecule has 2 amide bonds. The molecule has 7 nitrogen and oxygen atoms in total. The summed E-state index contributed by atoms with van der Waals surface area (Å²) in [6, 6.07) is 9.24. The van der Waals surface area contributed by atoms with Crippen molar-refractivity contribution in [2.45, 2.75) is 45.1 Å². The van der Waals surface area contributed by atoms with Gasteiger partial charge in [0.1, 0.15) is 5.69 Å². The molecule has 7 heteroatoms. The lowest BCUT2D eigenvalue weighted by molar-refractivity contribution is -0.127. The highest BCUT2D eigenvalue weighted by Crippen LogP contribution is 2.46. The van der Waals surface area contributed by atoms with E-state index in [0.717, 1.165) is 31.4 Å². The number of anilines is 1. The standard InChI is InChI=1S/C22H23N5O2/c1-15-13-24-14-19(25-15)20(28)26-17-5-3-7-22(11-17)8-9-27(21(22)29)18-6-2-4-16(10-18)12-23/h2,4,6,10,13-14,17H,3,5,7-9,11H2,1H3,(H,26,28). The van der Waals surface area contributed by atoms with Gasteiger partial charge in [0.2, 0.25) is 5.91 Å². The Balaban J connectivity index is 1.48. The Morgan fingerprint density at radius 2 is 2.21 bits per heavy atom. The quantitative estimate of drug-likeness (QED) is 0.870. The Morgan fingerprint density at radius 1 is 1.34 bits per heavy atom. The molecule has 1 saturated carbocycles. The number of carbonyl (C=O) groups excluding carboxylic acids is 2. The minimum absolute atomic E-state index is 0.0621. The normalized spacial score (nSPS) is 23.8. The first-order valence-corrected chi connectivity index (χ1v) is 9.92. The molecule has 4 rings (SSSR count). The third-order valence-electron chi connectivity index (χ3n) is 5.97. The number of hydrogen-bond acceptors (Lipinski definition) is 5. The van der Waals surface area contributed by atoms with Crippen molar-refractivity contribution in [3.05, 3.63) is 53.6 Å². The summed E-state index contributed by atoms with van der Waals surface area (Å²) in [6.45, 7) is 2.43. The van der Waals surface area contributed by atoms with Crippen molar-refractivity contribution in [3.63, 3.8) is 0 Å². The van der Waals surface area contributed by atoms with Gasteiger partial charge in [0.25, 0.3) is 5.91 Å². The van der Waals surface area contributed by atoms with Gasteiger partial charge in [0.05, 0.1) is 28.9 Å². The van der Waals surface area contributed by atoms with Crippen molar-refractivity contribution in [2.24, 2.45) is 5.41 Å². The predicted molar refractivity (Wildman–Crippen MR) is 107 cm³/mol. The molecule has 0 bridgehead atoms. The molecule has 1 aliphatic carbocycles. The van der Waals surface area contributed by atoms with Gasteiger partial charge in [0.15, 0.2) is 0 Å².